The van der Waals surface area contributed by atoms with Crippen molar-refractivity contribution in [3.05, 3.63) is 0 Å². The molecule has 0 aliphatic carbocycles. The predicted octanol–water partition coefficient (Wildman–Crippen LogP) is -0.318. The van der Waals surface area contributed by atoms with Crippen molar-refractivity contribution in [1.82, 2.24) is 8.61 Å². The van der Waals surface area contributed by atoms with Crippen LogP contribution in [0.1, 0.15) is 32.6 Å². The summed E-state index contributed by atoms with van der Waals surface area (Å²) in [7, 11) is -3.62. The Morgan fingerprint density at radius 1 is 1.30 bits per heavy atom. The first-order chi connectivity index (χ1) is 9.46. The van der Waals surface area contributed by atoms with Gasteiger partial charge < -0.3 is 10.5 Å². The van der Waals surface area contributed by atoms with Crippen molar-refractivity contribution in [2.24, 2.45) is 5.73 Å². The second-order valence-corrected chi connectivity index (χ2v) is 7.17. The Kier molecular flexibility index (Phi) is 5.00. The quantitative estimate of drug-likeness (QED) is 0.719. The molecule has 116 valence electrons. The molecule has 0 radical (unpaired) electrons. The number of hydrogen-bond acceptors (Lipinski definition) is 5. The van der Waals surface area contributed by atoms with Crippen LogP contribution >= 0.6 is 0 Å². The smallest absolute Gasteiger partial charge is 0.324 e. The van der Waals surface area contributed by atoms with Gasteiger partial charge in [0.2, 0.25) is 0 Å². The van der Waals surface area contributed by atoms with Crippen LogP contribution in [0.2, 0.25) is 0 Å². The molecular weight excluding hydrogens is 282 g/mol. The molecule has 7 nitrogen and oxygen atoms in total. The van der Waals surface area contributed by atoms with Gasteiger partial charge in [-0.05, 0) is 32.6 Å². The monoisotopic (exact) mass is 305 g/mol. The minimum Gasteiger partial charge on any atom is -0.465 e. The largest absolute Gasteiger partial charge is 0.465 e. The van der Waals surface area contributed by atoms with E-state index < -0.39 is 22.2 Å². The minimum absolute atomic E-state index is 0.123. The van der Waals surface area contributed by atoms with Crippen molar-refractivity contribution in [1.29, 1.82) is 0 Å². The van der Waals surface area contributed by atoms with Crippen molar-refractivity contribution in [3.8, 4) is 0 Å². The molecule has 1 unspecified atom stereocenters. The summed E-state index contributed by atoms with van der Waals surface area (Å²) in [5.74, 6) is -0.449. The van der Waals surface area contributed by atoms with E-state index >= 15 is 0 Å². The number of carbonyl (C=O) groups is 1. The lowest BCUT2D eigenvalue weighted by Gasteiger charge is -2.34. The van der Waals surface area contributed by atoms with Crippen LogP contribution in [0, 0.1) is 0 Å². The lowest BCUT2D eigenvalue weighted by Crippen LogP contribution is -2.53. The first-order valence-electron chi connectivity index (χ1n) is 7.16. The average Bonchev–Trinajstić information content (AvgIpc) is 2.89. The molecule has 2 rings (SSSR count). The Labute approximate surface area is 120 Å². The van der Waals surface area contributed by atoms with Gasteiger partial charge in [-0.25, -0.2) is 0 Å². The molecule has 0 amide bonds. The SMILES string of the molecule is CCOC(=O)C1CCCN1S(=O)(=O)N1CCC[C@@H](N)C1. The Hall–Kier alpha value is -0.700. The molecule has 2 N–H and O–H groups in total. The standard InChI is InChI=1S/C12H23N3O4S/c1-2-19-12(16)11-6-4-8-15(11)20(17,18)14-7-3-5-10(13)9-14/h10-11H,2-9,13H2,1H3/t10-,11?/m1/s1. The summed E-state index contributed by atoms with van der Waals surface area (Å²) in [6.07, 6.45) is 2.81. The summed E-state index contributed by atoms with van der Waals surface area (Å²) < 4.78 is 32.9. The number of rotatable bonds is 4. The van der Waals surface area contributed by atoms with E-state index in [9.17, 15) is 13.2 Å². The molecule has 0 bridgehead atoms. The highest BCUT2D eigenvalue weighted by atomic mass is 32.2. The van der Waals surface area contributed by atoms with Gasteiger partial charge in [0.25, 0.3) is 10.2 Å². The maximum atomic E-state index is 12.6. The van der Waals surface area contributed by atoms with Crippen LogP contribution in [0.5, 0.6) is 0 Å². The van der Waals surface area contributed by atoms with Crippen molar-refractivity contribution in [2.75, 3.05) is 26.2 Å². The molecular formula is C12H23N3O4S. The van der Waals surface area contributed by atoms with Gasteiger partial charge in [0.1, 0.15) is 6.04 Å². The van der Waals surface area contributed by atoms with Crippen LogP contribution in [-0.4, -0.2) is 61.3 Å². The molecule has 2 atom stereocenters. The van der Waals surface area contributed by atoms with E-state index in [1.807, 2.05) is 0 Å². The van der Waals surface area contributed by atoms with Gasteiger partial charge in [0, 0.05) is 25.7 Å². The number of nitrogens with zero attached hydrogens (tertiary/aromatic N) is 2. The number of ether oxygens (including phenoxy) is 1. The maximum Gasteiger partial charge on any atom is 0.324 e. The zero-order chi connectivity index (χ0) is 14.8. The van der Waals surface area contributed by atoms with E-state index in [-0.39, 0.29) is 12.6 Å². The van der Waals surface area contributed by atoms with Crippen molar-refractivity contribution in [2.45, 2.75) is 44.7 Å². The molecule has 2 heterocycles. The highest BCUT2D eigenvalue weighted by Crippen LogP contribution is 2.26. The van der Waals surface area contributed by atoms with Gasteiger partial charge in [-0.2, -0.15) is 17.0 Å². The lowest BCUT2D eigenvalue weighted by atomic mass is 10.1. The minimum atomic E-state index is -3.62. The molecule has 2 saturated heterocycles. The van der Waals surface area contributed by atoms with Crippen LogP contribution in [-0.2, 0) is 19.7 Å². The van der Waals surface area contributed by atoms with E-state index in [0.29, 0.717) is 32.5 Å². The number of nitrogens with two attached hydrogens (primary N) is 1. The van der Waals surface area contributed by atoms with Gasteiger partial charge in [-0.3, -0.25) is 4.79 Å². The molecule has 0 aromatic heterocycles. The predicted molar refractivity (Wildman–Crippen MR) is 74.1 cm³/mol. The first-order valence-corrected chi connectivity index (χ1v) is 8.55. The van der Waals surface area contributed by atoms with E-state index in [4.69, 9.17) is 10.5 Å². The summed E-state index contributed by atoms with van der Waals surface area (Å²) >= 11 is 0. The van der Waals surface area contributed by atoms with Gasteiger partial charge in [0.05, 0.1) is 6.61 Å². The molecule has 2 aliphatic rings. The molecule has 0 aromatic carbocycles. The number of piperidine rings is 1. The van der Waals surface area contributed by atoms with Gasteiger partial charge >= 0.3 is 5.97 Å². The number of esters is 1. The fourth-order valence-electron chi connectivity index (χ4n) is 2.82. The number of hydrogen-bond donors (Lipinski definition) is 1. The molecule has 20 heavy (non-hydrogen) atoms. The summed E-state index contributed by atoms with van der Waals surface area (Å²) in [6, 6.07) is -0.805. The summed E-state index contributed by atoms with van der Waals surface area (Å²) in [4.78, 5) is 11.9. The zero-order valence-corrected chi connectivity index (χ0v) is 12.6. The zero-order valence-electron chi connectivity index (χ0n) is 11.8. The van der Waals surface area contributed by atoms with E-state index in [1.165, 1.54) is 8.61 Å². The Morgan fingerprint density at radius 3 is 2.65 bits per heavy atom. The third-order valence-corrected chi connectivity index (χ3v) is 5.82. The Bertz CT molecular complexity index is 454. The van der Waals surface area contributed by atoms with Gasteiger partial charge in [0.15, 0.2) is 0 Å². The fraction of sp³-hybridized carbons (Fsp3) is 0.917. The third-order valence-electron chi connectivity index (χ3n) is 3.81. The Balaban J connectivity index is 2.13. The van der Waals surface area contributed by atoms with Crippen molar-refractivity contribution < 1.29 is 17.9 Å². The molecule has 0 aromatic rings. The molecule has 8 heteroatoms. The molecule has 2 fully saturated rings. The average molecular weight is 305 g/mol. The third kappa shape index (κ3) is 3.13. The summed E-state index contributed by atoms with van der Waals surface area (Å²) in [5.41, 5.74) is 5.85. The molecule has 0 spiro atoms. The topological polar surface area (TPSA) is 92.9 Å². The van der Waals surface area contributed by atoms with Crippen LogP contribution in [0.3, 0.4) is 0 Å². The maximum absolute atomic E-state index is 12.6. The van der Waals surface area contributed by atoms with Gasteiger partial charge in [-0.15, -0.1) is 0 Å². The van der Waals surface area contributed by atoms with Crippen molar-refractivity contribution >= 4 is 16.2 Å². The normalized spacial score (nSPS) is 29.5. The number of carbonyl (C=O) groups excluding carboxylic acids is 1. The van der Waals surface area contributed by atoms with Crippen molar-refractivity contribution in [3.63, 3.8) is 0 Å². The Morgan fingerprint density at radius 2 is 2.00 bits per heavy atom. The van der Waals surface area contributed by atoms with E-state index in [0.717, 1.165) is 12.8 Å². The molecule has 2 aliphatic heterocycles. The van der Waals surface area contributed by atoms with Crippen LogP contribution in [0.4, 0.5) is 0 Å². The van der Waals surface area contributed by atoms with Crippen LogP contribution in [0.15, 0.2) is 0 Å². The molecule has 0 saturated carbocycles. The van der Waals surface area contributed by atoms with E-state index in [2.05, 4.69) is 0 Å². The second kappa shape index (κ2) is 6.38. The highest BCUT2D eigenvalue weighted by Gasteiger charge is 2.43. The van der Waals surface area contributed by atoms with Crippen LogP contribution < -0.4 is 5.73 Å². The van der Waals surface area contributed by atoms with Gasteiger partial charge in [-0.1, -0.05) is 0 Å². The fourth-order valence-corrected chi connectivity index (χ4v) is 4.73. The first kappa shape index (κ1) is 15.7. The second-order valence-electron chi connectivity index (χ2n) is 5.29. The lowest BCUT2D eigenvalue weighted by molar-refractivity contribution is -0.146. The highest BCUT2D eigenvalue weighted by molar-refractivity contribution is 7.86. The summed E-state index contributed by atoms with van der Waals surface area (Å²) in [5, 5.41) is 0. The van der Waals surface area contributed by atoms with Crippen LogP contribution in [0.25, 0.3) is 0 Å². The van der Waals surface area contributed by atoms with E-state index in [1.54, 1.807) is 6.92 Å². The summed E-state index contributed by atoms with van der Waals surface area (Å²) in [6.45, 7) is 3.15.